The normalized spacial score (nSPS) is 11.1. The second-order valence-electron chi connectivity index (χ2n) is 3.60. The maximum Gasteiger partial charge on any atom is 0.205 e. The lowest BCUT2D eigenvalue weighted by Gasteiger charge is -2.00. The van der Waals surface area contributed by atoms with Crippen LogP contribution in [0.2, 0.25) is 9.36 Å². The van der Waals surface area contributed by atoms with E-state index in [4.69, 9.17) is 23.2 Å². The molecule has 0 aliphatic heterocycles. The van der Waals surface area contributed by atoms with Crippen LogP contribution in [0.3, 0.4) is 0 Å². The Bertz CT molecular complexity index is 703. The number of aromatic nitrogens is 2. The molecule has 18 heavy (non-hydrogen) atoms. The maximum absolute atomic E-state index is 13.0. The fourth-order valence-electron chi connectivity index (χ4n) is 1.58. The fraction of sp³-hybridized carbons (Fsp3) is 0. The first-order valence-corrected chi connectivity index (χ1v) is 6.62. The molecule has 0 saturated carbocycles. The minimum absolute atomic E-state index is 0.315. The summed E-state index contributed by atoms with van der Waals surface area (Å²) in [5.41, 5.74) is 1.88. The van der Waals surface area contributed by atoms with Gasteiger partial charge in [-0.2, -0.15) is 0 Å². The lowest BCUT2D eigenvalue weighted by Crippen LogP contribution is -1.91. The van der Waals surface area contributed by atoms with E-state index >= 15 is 0 Å². The predicted molar refractivity (Wildman–Crippen MR) is 73.7 cm³/mol. The van der Waals surface area contributed by atoms with Gasteiger partial charge in [-0.05, 0) is 18.2 Å². The third-order valence-corrected chi connectivity index (χ3v) is 4.04. The van der Waals surface area contributed by atoms with E-state index in [0.29, 0.717) is 32.0 Å². The number of rotatable bonds is 2. The number of halogens is 3. The zero-order chi connectivity index (χ0) is 12.7. The minimum atomic E-state index is -0.315. The highest BCUT2D eigenvalue weighted by Gasteiger charge is 2.11. The summed E-state index contributed by atoms with van der Waals surface area (Å²) in [6.07, 6.45) is 0. The quantitative estimate of drug-likeness (QED) is 0.713. The van der Waals surface area contributed by atoms with Gasteiger partial charge in [-0.3, -0.25) is 0 Å². The molecule has 2 N–H and O–H groups in total. The zero-order valence-electron chi connectivity index (χ0n) is 8.80. The molecule has 3 rings (SSSR count). The molecule has 7 heteroatoms. The number of hydrogen-bond donors (Lipinski definition) is 2. The summed E-state index contributed by atoms with van der Waals surface area (Å²) < 4.78 is 13.6. The number of anilines is 2. The topological polar surface area (TPSA) is 40.7 Å². The summed E-state index contributed by atoms with van der Waals surface area (Å²) in [6, 6.07) is 4.34. The number of hydrogen-bond acceptors (Lipinski definition) is 3. The molecule has 0 spiro atoms. The van der Waals surface area contributed by atoms with Crippen molar-refractivity contribution in [2.24, 2.45) is 0 Å². The van der Waals surface area contributed by atoms with Crippen LogP contribution in [0.5, 0.6) is 0 Å². The molecule has 0 amide bonds. The smallest absolute Gasteiger partial charge is 0.205 e. The van der Waals surface area contributed by atoms with Gasteiger partial charge in [0.25, 0.3) is 0 Å². The maximum atomic E-state index is 13.0. The van der Waals surface area contributed by atoms with E-state index in [1.807, 2.05) is 0 Å². The molecule has 0 radical (unpaired) electrons. The summed E-state index contributed by atoms with van der Waals surface area (Å²) >= 11 is 13.3. The molecule has 0 saturated heterocycles. The van der Waals surface area contributed by atoms with Gasteiger partial charge in [-0.1, -0.05) is 23.2 Å². The van der Waals surface area contributed by atoms with E-state index in [2.05, 4.69) is 15.3 Å². The minimum Gasteiger partial charge on any atom is -0.324 e. The van der Waals surface area contributed by atoms with Gasteiger partial charge in [0.05, 0.1) is 21.7 Å². The molecule has 0 bridgehead atoms. The molecule has 0 unspecified atom stereocenters. The average molecular weight is 302 g/mol. The van der Waals surface area contributed by atoms with Crippen molar-refractivity contribution in [1.82, 2.24) is 9.97 Å². The molecule has 0 aliphatic rings. The standard InChI is InChI=1S/C11H6Cl2FN3S/c12-6-4-18-10(13)9(6)17-11-15-7-2-1-5(14)3-8(7)16-11/h1-4H,(H2,15,16,17). The zero-order valence-corrected chi connectivity index (χ0v) is 11.1. The van der Waals surface area contributed by atoms with E-state index in [-0.39, 0.29) is 5.82 Å². The van der Waals surface area contributed by atoms with Gasteiger partial charge in [-0.15, -0.1) is 11.3 Å². The molecule has 0 atom stereocenters. The molecule has 92 valence electrons. The van der Waals surface area contributed by atoms with Crippen LogP contribution in [-0.4, -0.2) is 9.97 Å². The molecule has 0 aliphatic carbocycles. The van der Waals surface area contributed by atoms with E-state index < -0.39 is 0 Å². The molecule has 3 nitrogen and oxygen atoms in total. The lowest BCUT2D eigenvalue weighted by atomic mass is 10.3. The van der Waals surface area contributed by atoms with Crippen LogP contribution in [0.1, 0.15) is 0 Å². The highest BCUT2D eigenvalue weighted by atomic mass is 35.5. The van der Waals surface area contributed by atoms with Crippen LogP contribution in [0, 0.1) is 5.82 Å². The van der Waals surface area contributed by atoms with Gasteiger partial charge in [0.1, 0.15) is 10.2 Å². The van der Waals surface area contributed by atoms with Gasteiger partial charge in [0.15, 0.2) is 0 Å². The summed E-state index contributed by atoms with van der Waals surface area (Å²) in [5, 5.41) is 5.24. The van der Waals surface area contributed by atoms with E-state index in [0.717, 1.165) is 0 Å². The second kappa shape index (κ2) is 4.42. The third-order valence-electron chi connectivity index (χ3n) is 2.39. The van der Waals surface area contributed by atoms with Crippen molar-refractivity contribution >= 4 is 57.2 Å². The molecule has 2 heterocycles. The number of benzene rings is 1. The Kier molecular flexibility index (Phi) is 2.89. The average Bonchev–Trinajstić information content (AvgIpc) is 2.86. The van der Waals surface area contributed by atoms with Crippen LogP contribution in [0.25, 0.3) is 11.0 Å². The van der Waals surface area contributed by atoms with Crippen molar-refractivity contribution in [1.29, 1.82) is 0 Å². The van der Waals surface area contributed by atoms with E-state index in [9.17, 15) is 4.39 Å². The number of nitrogens with one attached hydrogen (secondary N) is 2. The van der Waals surface area contributed by atoms with Gasteiger partial charge in [0.2, 0.25) is 5.95 Å². The van der Waals surface area contributed by atoms with Gasteiger partial charge in [-0.25, -0.2) is 9.37 Å². The van der Waals surface area contributed by atoms with Gasteiger partial charge in [0, 0.05) is 5.38 Å². The van der Waals surface area contributed by atoms with Crippen LogP contribution < -0.4 is 5.32 Å². The first kappa shape index (κ1) is 11.8. The second-order valence-corrected chi connectivity index (χ2v) is 5.49. The Morgan fingerprint density at radius 2 is 2.17 bits per heavy atom. The van der Waals surface area contributed by atoms with Crippen molar-refractivity contribution in [3.05, 3.63) is 38.8 Å². The SMILES string of the molecule is Fc1ccc2nc(Nc3c(Cl)csc3Cl)[nH]c2c1. The summed E-state index contributed by atoms with van der Waals surface area (Å²) in [5.74, 6) is 0.155. The highest BCUT2D eigenvalue weighted by Crippen LogP contribution is 2.37. The van der Waals surface area contributed by atoms with Crippen LogP contribution in [0.4, 0.5) is 16.0 Å². The molecular weight excluding hydrogens is 296 g/mol. The first-order chi connectivity index (χ1) is 8.63. The highest BCUT2D eigenvalue weighted by molar-refractivity contribution is 7.15. The molecule has 1 aromatic carbocycles. The monoisotopic (exact) mass is 301 g/mol. The van der Waals surface area contributed by atoms with Crippen molar-refractivity contribution in [3.63, 3.8) is 0 Å². The number of nitrogens with zero attached hydrogens (tertiary/aromatic N) is 1. The Hall–Kier alpha value is -1.30. The van der Waals surface area contributed by atoms with Crippen LogP contribution in [0.15, 0.2) is 23.6 Å². The van der Waals surface area contributed by atoms with E-state index in [1.165, 1.54) is 23.5 Å². The largest absolute Gasteiger partial charge is 0.324 e. The lowest BCUT2D eigenvalue weighted by molar-refractivity contribution is 0.629. The van der Waals surface area contributed by atoms with E-state index in [1.54, 1.807) is 11.4 Å². The van der Waals surface area contributed by atoms with Gasteiger partial charge < -0.3 is 10.3 Å². The predicted octanol–water partition coefficient (Wildman–Crippen LogP) is 4.81. The number of fused-ring (bicyclic) bond motifs is 1. The van der Waals surface area contributed by atoms with Crippen molar-refractivity contribution in [2.45, 2.75) is 0 Å². The van der Waals surface area contributed by atoms with Crippen LogP contribution >= 0.6 is 34.5 Å². The summed E-state index contributed by atoms with van der Waals surface area (Å²) in [7, 11) is 0. The van der Waals surface area contributed by atoms with Crippen LogP contribution in [-0.2, 0) is 0 Å². The Morgan fingerprint density at radius 3 is 2.89 bits per heavy atom. The third kappa shape index (κ3) is 2.05. The number of H-pyrrole nitrogens is 1. The first-order valence-electron chi connectivity index (χ1n) is 4.98. The summed E-state index contributed by atoms with van der Waals surface area (Å²) in [6.45, 7) is 0. The van der Waals surface area contributed by atoms with Crippen molar-refractivity contribution in [2.75, 3.05) is 5.32 Å². The molecule has 0 fully saturated rings. The molecule has 3 aromatic rings. The Morgan fingerprint density at radius 1 is 1.33 bits per heavy atom. The number of thiophene rings is 1. The molecule has 2 aromatic heterocycles. The molecular formula is C11H6Cl2FN3S. The summed E-state index contributed by atoms with van der Waals surface area (Å²) in [4.78, 5) is 7.22. The Balaban J connectivity index is 2.00. The Labute approximate surface area is 116 Å². The number of imidazole rings is 1. The number of aromatic amines is 1. The van der Waals surface area contributed by atoms with Crippen molar-refractivity contribution < 1.29 is 4.39 Å². The van der Waals surface area contributed by atoms with Crippen molar-refractivity contribution in [3.8, 4) is 0 Å². The van der Waals surface area contributed by atoms with Gasteiger partial charge >= 0.3 is 0 Å². The fourth-order valence-corrected chi connectivity index (χ4v) is 2.85.